The van der Waals surface area contributed by atoms with Crippen LogP contribution in [0, 0.1) is 6.92 Å². The Morgan fingerprint density at radius 3 is 2.81 bits per heavy atom. The molecule has 0 fully saturated rings. The lowest BCUT2D eigenvalue weighted by Crippen LogP contribution is -2.37. The van der Waals surface area contributed by atoms with Gasteiger partial charge in [-0.25, -0.2) is 0 Å². The van der Waals surface area contributed by atoms with Gasteiger partial charge in [0.1, 0.15) is 6.04 Å². The van der Waals surface area contributed by atoms with Crippen molar-refractivity contribution in [2.75, 3.05) is 10.6 Å². The number of fused-ring (bicyclic) bond motifs is 1. The molecule has 1 amide bonds. The van der Waals surface area contributed by atoms with Crippen molar-refractivity contribution in [3.8, 4) is 0 Å². The molecule has 1 atom stereocenters. The van der Waals surface area contributed by atoms with Gasteiger partial charge in [-0.05, 0) is 49.1 Å². The van der Waals surface area contributed by atoms with Crippen molar-refractivity contribution in [2.24, 2.45) is 0 Å². The van der Waals surface area contributed by atoms with Gasteiger partial charge in [0, 0.05) is 11.4 Å². The summed E-state index contributed by atoms with van der Waals surface area (Å²) in [4.78, 5) is 12.3. The van der Waals surface area contributed by atoms with E-state index in [1.807, 2.05) is 49.4 Å². The van der Waals surface area contributed by atoms with E-state index in [0.717, 1.165) is 29.8 Å². The first kappa shape index (κ1) is 15.4. The fraction of sp³-hybridized carbons (Fsp3) is 0.235. The van der Waals surface area contributed by atoms with Crippen molar-refractivity contribution < 1.29 is 4.79 Å². The van der Waals surface area contributed by atoms with Crippen LogP contribution < -0.4 is 10.6 Å². The van der Waals surface area contributed by atoms with Gasteiger partial charge in [0.05, 0.1) is 0 Å². The molecule has 1 heterocycles. The van der Waals surface area contributed by atoms with Gasteiger partial charge >= 0.3 is 0 Å². The van der Waals surface area contributed by atoms with Gasteiger partial charge < -0.3 is 10.6 Å². The molecule has 0 aliphatic carbocycles. The second-order valence-electron chi connectivity index (χ2n) is 5.25. The smallest absolute Gasteiger partial charge is 0.246 e. The summed E-state index contributed by atoms with van der Waals surface area (Å²) in [7, 11) is 0. The van der Waals surface area contributed by atoms with Gasteiger partial charge in [-0.2, -0.15) is 0 Å². The molecule has 1 aliphatic rings. The summed E-state index contributed by atoms with van der Waals surface area (Å²) in [5, 5.41) is 6.30. The predicted molar refractivity (Wildman–Crippen MR) is 89.2 cm³/mol. The zero-order valence-electron chi connectivity index (χ0n) is 11.9. The van der Waals surface area contributed by atoms with E-state index in [-0.39, 0.29) is 24.4 Å². The number of hydrogen-bond acceptors (Lipinski definition) is 2. The summed E-state index contributed by atoms with van der Waals surface area (Å²) in [6.45, 7) is 2.02. The van der Waals surface area contributed by atoms with Gasteiger partial charge in [-0.1, -0.05) is 30.3 Å². The summed E-state index contributed by atoms with van der Waals surface area (Å²) < 4.78 is 0. The number of anilines is 2. The molecule has 21 heavy (non-hydrogen) atoms. The number of hydrogen-bond donors (Lipinski definition) is 2. The van der Waals surface area contributed by atoms with Gasteiger partial charge in [-0.15, -0.1) is 12.4 Å². The van der Waals surface area contributed by atoms with E-state index in [2.05, 4.69) is 16.7 Å². The maximum absolute atomic E-state index is 12.3. The molecule has 2 N–H and O–H groups in total. The van der Waals surface area contributed by atoms with E-state index in [9.17, 15) is 4.79 Å². The van der Waals surface area contributed by atoms with E-state index in [1.54, 1.807) is 0 Å². The monoisotopic (exact) mass is 302 g/mol. The highest BCUT2D eigenvalue weighted by Crippen LogP contribution is 2.24. The van der Waals surface area contributed by atoms with Crippen molar-refractivity contribution in [3.63, 3.8) is 0 Å². The van der Waals surface area contributed by atoms with Crippen molar-refractivity contribution in [2.45, 2.75) is 25.8 Å². The lowest BCUT2D eigenvalue weighted by Gasteiger charge is -2.26. The molecule has 0 saturated carbocycles. The fourth-order valence-corrected chi connectivity index (χ4v) is 2.59. The summed E-state index contributed by atoms with van der Waals surface area (Å²) in [5.41, 5.74) is 4.36. The summed E-state index contributed by atoms with van der Waals surface area (Å²) in [6.07, 6.45) is 1.77. The minimum atomic E-state index is -0.162. The van der Waals surface area contributed by atoms with E-state index in [1.165, 1.54) is 5.56 Å². The van der Waals surface area contributed by atoms with Crippen molar-refractivity contribution in [1.29, 1.82) is 0 Å². The Kier molecular flexibility index (Phi) is 4.86. The second-order valence-corrected chi connectivity index (χ2v) is 5.25. The summed E-state index contributed by atoms with van der Waals surface area (Å²) >= 11 is 0. The van der Waals surface area contributed by atoms with Crippen LogP contribution in [0.3, 0.4) is 0 Å². The predicted octanol–water partition coefficient (Wildman–Crippen LogP) is 3.78. The number of halogens is 1. The molecule has 3 nitrogen and oxygen atoms in total. The molecule has 0 radical (unpaired) electrons. The largest absolute Gasteiger partial charge is 0.373 e. The second kappa shape index (κ2) is 6.64. The molecular weight excluding hydrogens is 284 g/mol. The van der Waals surface area contributed by atoms with Crippen molar-refractivity contribution in [3.05, 3.63) is 59.7 Å². The molecule has 0 saturated heterocycles. The molecule has 4 heteroatoms. The molecule has 110 valence electrons. The van der Waals surface area contributed by atoms with E-state index < -0.39 is 0 Å². The summed E-state index contributed by atoms with van der Waals surface area (Å²) in [5.74, 6) is 0.0325. The fourth-order valence-electron chi connectivity index (χ4n) is 2.59. The number of rotatable bonds is 2. The number of carbonyl (C=O) groups excluding carboxylic acids is 1. The Labute approximate surface area is 131 Å². The van der Waals surface area contributed by atoms with Crippen LogP contribution in [0.5, 0.6) is 0 Å². The van der Waals surface area contributed by atoms with Crippen LogP contribution >= 0.6 is 12.4 Å². The Balaban J connectivity index is 0.00000161. The molecule has 1 unspecified atom stereocenters. The van der Waals surface area contributed by atoms with Crippen LogP contribution in [0.2, 0.25) is 0 Å². The molecule has 0 aromatic heterocycles. The number of nitrogens with one attached hydrogen (secondary N) is 2. The molecule has 2 aromatic rings. The molecule has 0 spiro atoms. The Morgan fingerprint density at radius 1 is 1.19 bits per heavy atom. The minimum Gasteiger partial charge on any atom is -0.373 e. The van der Waals surface area contributed by atoms with E-state index >= 15 is 0 Å². The number of amides is 1. The third-order valence-electron chi connectivity index (χ3n) is 3.65. The Hall–Kier alpha value is -2.00. The van der Waals surface area contributed by atoms with E-state index in [0.29, 0.717) is 0 Å². The first-order valence-corrected chi connectivity index (χ1v) is 6.94. The molecule has 2 aromatic carbocycles. The average molecular weight is 303 g/mol. The standard InChI is InChI=1S/C17H18N2O.ClH/c1-12-5-4-7-14(11-12)18-17(20)16-10-9-13-6-2-3-8-15(13)19-16;/h2-8,11,16,19H,9-10H2,1H3,(H,18,20);1H. The first-order chi connectivity index (χ1) is 9.72. The minimum absolute atomic E-state index is 0. The number of benzene rings is 2. The highest BCUT2D eigenvalue weighted by Gasteiger charge is 2.23. The van der Waals surface area contributed by atoms with E-state index in [4.69, 9.17) is 0 Å². The maximum Gasteiger partial charge on any atom is 0.246 e. The maximum atomic E-state index is 12.3. The van der Waals surface area contributed by atoms with Crippen LogP contribution in [0.4, 0.5) is 11.4 Å². The quantitative estimate of drug-likeness (QED) is 0.886. The topological polar surface area (TPSA) is 41.1 Å². The highest BCUT2D eigenvalue weighted by molar-refractivity contribution is 5.97. The van der Waals surface area contributed by atoms with Gasteiger partial charge in [0.15, 0.2) is 0 Å². The van der Waals surface area contributed by atoms with Crippen LogP contribution in [0.15, 0.2) is 48.5 Å². The van der Waals surface area contributed by atoms with Gasteiger partial charge in [0.2, 0.25) is 5.91 Å². The normalized spacial score (nSPS) is 16.1. The van der Waals surface area contributed by atoms with Crippen LogP contribution in [-0.2, 0) is 11.2 Å². The van der Waals surface area contributed by atoms with Gasteiger partial charge in [-0.3, -0.25) is 4.79 Å². The number of aryl methyl sites for hydroxylation is 2. The average Bonchev–Trinajstić information content (AvgIpc) is 2.47. The Bertz CT molecular complexity index is 642. The number of para-hydroxylation sites is 1. The Morgan fingerprint density at radius 2 is 2.00 bits per heavy atom. The van der Waals surface area contributed by atoms with Gasteiger partial charge in [0.25, 0.3) is 0 Å². The zero-order chi connectivity index (χ0) is 13.9. The number of carbonyl (C=O) groups is 1. The third-order valence-corrected chi connectivity index (χ3v) is 3.65. The zero-order valence-corrected chi connectivity index (χ0v) is 12.7. The molecule has 1 aliphatic heterocycles. The summed E-state index contributed by atoms with van der Waals surface area (Å²) in [6, 6.07) is 15.9. The van der Waals surface area contributed by atoms with Crippen molar-refractivity contribution >= 4 is 29.7 Å². The molecular formula is C17H19ClN2O. The highest BCUT2D eigenvalue weighted by atomic mass is 35.5. The molecule has 3 rings (SSSR count). The van der Waals surface area contributed by atoms with Crippen LogP contribution in [0.1, 0.15) is 17.5 Å². The lowest BCUT2D eigenvalue weighted by atomic mass is 9.97. The first-order valence-electron chi connectivity index (χ1n) is 6.94. The SMILES string of the molecule is Cc1cccc(NC(=O)C2CCc3ccccc3N2)c1.Cl. The molecule has 0 bridgehead atoms. The lowest BCUT2D eigenvalue weighted by molar-refractivity contribution is -0.117. The van der Waals surface area contributed by atoms with Crippen LogP contribution in [-0.4, -0.2) is 11.9 Å². The third kappa shape index (κ3) is 3.56. The van der Waals surface area contributed by atoms with Crippen molar-refractivity contribution in [1.82, 2.24) is 0 Å². The van der Waals surface area contributed by atoms with Crippen LogP contribution in [0.25, 0.3) is 0 Å².